The summed E-state index contributed by atoms with van der Waals surface area (Å²) in [6.45, 7) is 10.2. The molecule has 0 rings (SSSR count). The molecule has 0 amide bonds. The Morgan fingerprint density at radius 1 is 1.46 bits per heavy atom. The first-order valence-corrected chi connectivity index (χ1v) is 5.44. The summed E-state index contributed by atoms with van der Waals surface area (Å²) in [5, 5.41) is 3.22. The van der Waals surface area contributed by atoms with E-state index in [9.17, 15) is 0 Å². The SMILES string of the molecule is C/C=C(\C)C(CC)[C@H](C)CCNC. The molecule has 2 atom stereocenters. The molecule has 0 radical (unpaired) electrons. The van der Waals surface area contributed by atoms with Gasteiger partial charge in [0.05, 0.1) is 0 Å². The van der Waals surface area contributed by atoms with E-state index in [2.05, 4.69) is 39.1 Å². The molecule has 0 saturated heterocycles. The Hall–Kier alpha value is -0.300. The maximum Gasteiger partial charge on any atom is -0.00492 e. The molecule has 13 heavy (non-hydrogen) atoms. The van der Waals surface area contributed by atoms with Gasteiger partial charge in [-0.1, -0.05) is 25.5 Å². The summed E-state index contributed by atoms with van der Waals surface area (Å²) >= 11 is 0. The van der Waals surface area contributed by atoms with Crippen LogP contribution in [0.25, 0.3) is 0 Å². The van der Waals surface area contributed by atoms with Crippen molar-refractivity contribution < 1.29 is 0 Å². The van der Waals surface area contributed by atoms with Crippen LogP contribution in [0, 0.1) is 11.8 Å². The fourth-order valence-electron chi connectivity index (χ4n) is 1.96. The Bertz CT molecular complexity index is 149. The van der Waals surface area contributed by atoms with Crippen LogP contribution in [0.1, 0.15) is 40.5 Å². The average molecular weight is 183 g/mol. The van der Waals surface area contributed by atoms with Crippen LogP contribution >= 0.6 is 0 Å². The van der Waals surface area contributed by atoms with E-state index in [4.69, 9.17) is 0 Å². The predicted molar refractivity (Wildman–Crippen MR) is 60.9 cm³/mol. The molecule has 78 valence electrons. The van der Waals surface area contributed by atoms with Crippen LogP contribution < -0.4 is 5.32 Å². The van der Waals surface area contributed by atoms with Crippen molar-refractivity contribution in [3.63, 3.8) is 0 Å². The van der Waals surface area contributed by atoms with Gasteiger partial charge in [0.25, 0.3) is 0 Å². The van der Waals surface area contributed by atoms with E-state index in [1.807, 2.05) is 7.05 Å². The van der Waals surface area contributed by atoms with Gasteiger partial charge in [-0.3, -0.25) is 0 Å². The van der Waals surface area contributed by atoms with E-state index in [1.54, 1.807) is 5.57 Å². The highest BCUT2D eigenvalue weighted by molar-refractivity contribution is 5.02. The van der Waals surface area contributed by atoms with Crippen molar-refractivity contribution in [2.24, 2.45) is 11.8 Å². The molecule has 1 N–H and O–H groups in total. The first kappa shape index (κ1) is 12.7. The molecule has 0 aliphatic heterocycles. The molecule has 1 unspecified atom stereocenters. The van der Waals surface area contributed by atoms with Crippen LogP contribution in [0.5, 0.6) is 0 Å². The van der Waals surface area contributed by atoms with Gasteiger partial charge >= 0.3 is 0 Å². The highest BCUT2D eigenvalue weighted by Crippen LogP contribution is 2.25. The largest absolute Gasteiger partial charge is 0.320 e. The van der Waals surface area contributed by atoms with Crippen LogP contribution in [0.4, 0.5) is 0 Å². The molecule has 0 aliphatic carbocycles. The van der Waals surface area contributed by atoms with Gasteiger partial charge in [-0.2, -0.15) is 0 Å². The van der Waals surface area contributed by atoms with Crippen molar-refractivity contribution in [1.29, 1.82) is 0 Å². The topological polar surface area (TPSA) is 12.0 Å². The number of rotatable bonds is 6. The van der Waals surface area contributed by atoms with Gasteiger partial charge in [-0.25, -0.2) is 0 Å². The molecule has 0 aromatic rings. The quantitative estimate of drug-likeness (QED) is 0.623. The van der Waals surface area contributed by atoms with Gasteiger partial charge in [-0.05, 0) is 52.1 Å². The van der Waals surface area contributed by atoms with Crippen molar-refractivity contribution in [1.82, 2.24) is 5.32 Å². The second-order valence-corrected chi connectivity index (χ2v) is 3.92. The average Bonchev–Trinajstić information content (AvgIpc) is 2.15. The minimum atomic E-state index is 0.776. The Morgan fingerprint density at radius 2 is 2.08 bits per heavy atom. The predicted octanol–water partition coefficient (Wildman–Crippen LogP) is 3.22. The van der Waals surface area contributed by atoms with Crippen molar-refractivity contribution in [3.05, 3.63) is 11.6 Å². The van der Waals surface area contributed by atoms with Crippen LogP contribution in [-0.2, 0) is 0 Å². The lowest BCUT2D eigenvalue weighted by molar-refractivity contribution is 0.370. The summed E-state index contributed by atoms with van der Waals surface area (Å²) in [5.74, 6) is 1.58. The Labute approximate surface area is 83.6 Å². The van der Waals surface area contributed by atoms with E-state index in [0.717, 1.165) is 18.4 Å². The molecule has 0 bridgehead atoms. The zero-order valence-corrected chi connectivity index (χ0v) is 9.85. The molecule has 0 aromatic heterocycles. The monoisotopic (exact) mass is 183 g/mol. The van der Waals surface area contributed by atoms with Gasteiger partial charge in [0.1, 0.15) is 0 Å². The van der Waals surface area contributed by atoms with E-state index < -0.39 is 0 Å². The molecule has 0 fully saturated rings. The summed E-state index contributed by atoms with van der Waals surface area (Å²) in [7, 11) is 2.02. The standard InChI is InChI=1S/C12H25N/c1-6-10(3)12(7-2)11(4)8-9-13-5/h6,11-13H,7-9H2,1-5H3/b10-6+/t11-,12?/m1/s1. The number of nitrogens with one attached hydrogen (secondary N) is 1. The molecule has 0 saturated carbocycles. The maximum atomic E-state index is 3.22. The van der Waals surface area contributed by atoms with Gasteiger partial charge < -0.3 is 5.32 Å². The number of hydrogen-bond donors (Lipinski definition) is 1. The summed E-state index contributed by atoms with van der Waals surface area (Å²) in [6.07, 6.45) is 4.80. The molecule has 0 spiro atoms. The van der Waals surface area contributed by atoms with Crippen molar-refractivity contribution >= 4 is 0 Å². The second kappa shape index (κ2) is 7.14. The summed E-state index contributed by atoms with van der Waals surface area (Å²) in [4.78, 5) is 0. The first-order valence-electron chi connectivity index (χ1n) is 5.44. The van der Waals surface area contributed by atoms with Gasteiger partial charge in [0.2, 0.25) is 0 Å². The van der Waals surface area contributed by atoms with Crippen LogP contribution in [0.2, 0.25) is 0 Å². The van der Waals surface area contributed by atoms with Gasteiger partial charge in [-0.15, -0.1) is 0 Å². The van der Waals surface area contributed by atoms with E-state index in [0.29, 0.717) is 0 Å². The first-order chi connectivity index (χ1) is 6.17. The second-order valence-electron chi connectivity index (χ2n) is 3.92. The van der Waals surface area contributed by atoms with Crippen molar-refractivity contribution in [3.8, 4) is 0 Å². The molecular formula is C12H25N. The summed E-state index contributed by atoms with van der Waals surface area (Å²) in [6, 6.07) is 0. The van der Waals surface area contributed by atoms with Gasteiger partial charge in [0.15, 0.2) is 0 Å². The van der Waals surface area contributed by atoms with E-state index in [-0.39, 0.29) is 0 Å². The molecule has 1 nitrogen and oxygen atoms in total. The van der Waals surface area contributed by atoms with E-state index in [1.165, 1.54) is 12.8 Å². The molecule has 0 aromatic carbocycles. The fraction of sp³-hybridized carbons (Fsp3) is 0.833. The lowest BCUT2D eigenvalue weighted by Gasteiger charge is -2.23. The van der Waals surface area contributed by atoms with Crippen LogP contribution in [0.15, 0.2) is 11.6 Å². The zero-order chi connectivity index (χ0) is 10.3. The molecule has 0 aliphatic rings. The summed E-state index contributed by atoms with van der Waals surface area (Å²) < 4.78 is 0. The Morgan fingerprint density at radius 3 is 2.46 bits per heavy atom. The minimum Gasteiger partial charge on any atom is -0.320 e. The van der Waals surface area contributed by atoms with E-state index >= 15 is 0 Å². The molecule has 0 heterocycles. The lowest BCUT2D eigenvalue weighted by Crippen LogP contribution is -2.18. The molecule has 1 heteroatoms. The minimum absolute atomic E-state index is 0.776. The number of allylic oxidation sites excluding steroid dienone is 2. The molecular weight excluding hydrogens is 158 g/mol. The lowest BCUT2D eigenvalue weighted by atomic mass is 9.83. The number of hydrogen-bond acceptors (Lipinski definition) is 1. The highest BCUT2D eigenvalue weighted by Gasteiger charge is 2.15. The third-order valence-electron chi connectivity index (χ3n) is 3.02. The smallest absolute Gasteiger partial charge is 0.00492 e. The third-order valence-corrected chi connectivity index (χ3v) is 3.02. The zero-order valence-electron chi connectivity index (χ0n) is 9.85. The fourth-order valence-corrected chi connectivity index (χ4v) is 1.96. The van der Waals surface area contributed by atoms with Crippen molar-refractivity contribution in [2.75, 3.05) is 13.6 Å². The summed E-state index contributed by atoms with van der Waals surface area (Å²) in [5.41, 5.74) is 1.55. The Kier molecular flexibility index (Phi) is 6.97. The van der Waals surface area contributed by atoms with Gasteiger partial charge in [0, 0.05) is 0 Å². The Balaban J connectivity index is 4.06. The highest BCUT2D eigenvalue weighted by atomic mass is 14.8. The van der Waals surface area contributed by atoms with Crippen LogP contribution in [0.3, 0.4) is 0 Å². The maximum absolute atomic E-state index is 3.22. The third kappa shape index (κ3) is 4.47. The van der Waals surface area contributed by atoms with Crippen LogP contribution in [-0.4, -0.2) is 13.6 Å². The normalized spacial score (nSPS) is 17.2. The van der Waals surface area contributed by atoms with Crippen molar-refractivity contribution in [2.45, 2.75) is 40.5 Å².